The molecule has 0 spiro atoms. The van der Waals surface area contributed by atoms with Gasteiger partial charge in [-0.1, -0.05) is 0 Å². The number of aromatic nitrogens is 4. The van der Waals surface area contributed by atoms with Gasteiger partial charge in [-0.3, -0.25) is 0 Å². The molecule has 0 aliphatic carbocycles. The SMILES string of the molecule is Nc1nc2c(Br)cc(F)cn2n1.Nc1ncc(F)cc1Br. The molecule has 0 fully saturated rings. The Hall–Kier alpha value is -1.81. The van der Waals surface area contributed by atoms with Crippen LogP contribution in [0.25, 0.3) is 5.65 Å². The van der Waals surface area contributed by atoms with Crippen LogP contribution in [0, 0.1) is 11.6 Å². The third kappa shape index (κ3) is 3.85. The van der Waals surface area contributed by atoms with Crippen LogP contribution in [0.15, 0.2) is 33.5 Å². The molecule has 0 amide bonds. The number of pyridine rings is 2. The van der Waals surface area contributed by atoms with E-state index in [1.54, 1.807) is 0 Å². The molecule has 6 nitrogen and oxygen atoms in total. The second kappa shape index (κ2) is 6.31. The molecule has 10 heteroatoms. The van der Waals surface area contributed by atoms with Crippen molar-refractivity contribution in [1.82, 2.24) is 19.6 Å². The van der Waals surface area contributed by atoms with Crippen LogP contribution < -0.4 is 11.5 Å². The fourth-order valence-corrected chi connectivity index (χ4v) is 2.17. The average molecular weight is 422 g/mol. The van der Waals surface area contributed by atoms with Crippen LogP contribution in [0.4, 0.5) is 20.5 Å². The molecule has 3 aromatic rings. The van der Waals surface area contributed by atoms with Crippen LogP contribution >= 0.6 is 31.9 Å². The predicted octanol–water partition coefficient (Wildman–Crippen LogP) is 2.78. The molecular formula is C11H8Br2F2N6. The Morgan fingerprint density at radius 3 is 2.33 bits per heavy atom. The summed E-state index contributed by atoms with van der Waals surface area (Å²) in [6.45, 7) is 0. The number of hydrogen-bond acceptors (Lipinski definition) is 5. The smallest absolute Gasteiger partial charge is 0.240 e. The number of anilines is 2. The Kier molecular flexibility index (Phi) is 4.68. The second-order valence-corrected chi connectivity index (χ2v) is 5.47. The average Bonchev–Trinajstić information content (AvgIpc) is 2.76. The summed E-state index contributed by atoms with van der Waals surface area (Å²) in [6, 6.07) is 2.58. The van der Waals surface area contributed by atoms with E-state index in [1.807, 2.05) is 0 Å². The Balaban J connectivity index is 0.000000161. The number of fused-ring (bicyclic) bond motifs is 1. The van der Waals surface area contributed by atoms with E-state index in [0.29, 0.717) is 20.4 Å². The quantitative estimate of drug-likeness (QED) is 0.581. The van der Waals surface area contributed by atoms with Crippen LogP contribution in [0.1, 0.15) is 0 Å². The van der Waals surface area contributed by atoms with Gasteiger partial charge < -0.3 is 11.5 Å². The number of nitrogens with zero attached hydrogens (tertiary/aromatic N) is 4. The molecule has 0 saturated heterocycles. The van der Waals surface area contributed by atoms with E-state index < -0.39 is 5.82 Å². The zero-order valence-corrected chi connectivity index (χ0v) is 13.4. The van der Waals surface area contributed by atoms with Gasteiger partial charge in [-0.05, 0) is 44.0 Å². The first-order valence-electron chi connectivity index (χ1n) is 5.40. The van der Waals surface area contributed by atoms with Crippen LogP contribution in [0.5, 0.6) is 0 Å². The van der Waals surface area contributed by atoms with Crippen molar-refractivity contribution in [1.29, 1.82) is 0 Å². The molecule has 0 unspecified atom stereocenters. The van der Waals surface area contributed by atoms with Gasteiger partial charge in [-0.15, -0.1) is 5.10 Å². The molecule has 0 atom stereocenters. The van der Waals surface area contributed by atoms with Crippen molar-refractivity contribution in [2.24, 2.45) is 0 Å². The summed E-state index contributed by atoms with van der Waals surface area (Å²) in [7, 11) is 0. The maximum Gasteiger partial charge on any atom is 0.240 e. The topological polar surface area (TPSA) is 95.1 Å². The zero-order chi connectivity index (χ0) is 15.6. The monoisotopic (exact) mass is 420 g/mol. The summed E-state index contributed by atoms with van der Waals surface area (Å²) >= 11 is 6.16. The molecule has 0 aromatic carbocycles. The standard InChI is InChI=1S/C6H4BrFN4.C5H4BrFN2/c7-4-1-3(8)2-12-5(4)10-6(9)11-12;6-4-1-3(7)2-9-5(4)8/h1-2H,(H2,9,11);1-2H,(H2,8,9). The highest BCUT2D eigenvalue weighted by molar-refractivity contribution is 9.11. The molecule has 0 aliphatic rings. The van der Waals surface area contributed by atoms with Crippen molar-refractivity contribution >= 4 is 49.3 Å². The lowest BCUT2D eigenvalue weighted by Gasteiger charge is -1.93. The van der Waals surface area contributed by atoms with Gasteiger partial charge in [0.25, 0.3) is 0 Å². The minimum absolute atomic E-state index is 0.126. The molecule has 3 rings (SSSR count). The number of nitrogen functional groups attached to an aromatic ring is 2. The lowest BCUT2D eigenvalue weighted by molar-refractivity contribution is 0.613. The van der Waals surface area contributed by atoms with E-state index in [1.165, 1.54) is 22.8 Å². The highest BCUT2D eigenvalue weighted by atomic mass is 79.9. The van der Waals surface area contributed by atoms with Crippen molar-refractivity contribution in [3.8, 4) is 0 Å². The van der Waals surface area contributed by atoms with E-state index in [-0.39, 0.29) is 11.8 Å². The van der Waals surface area contributed by atoms with E-state index in [9.17, 15) is 8.78 Å². The van der Waals surface area contributed by atoms with Gasteiger partial charge in [0.05, 0.1) is 21.3 Å². The fraction of sp³-hybridized carbons (Fsp3) is 0. The largest absolute Gasteiger partial charge is 0.383 e. The Bertz CT molecular complexity index is 792. The molecule has 110 valence electrons. The highest BCUT2D eigenvalue weighted by Gasteiger charge is 2.05. The third-order valence-corrected chi connectivity index (χ3v) is 3.43. The number of hydrogen-bond donors (Lipinski definition) is 2. The summed E-state index contributed by atoms with van der Waals surface area (Å²) in [5, 5.41) is 3.75. The Labute approximate surface area is 134 Å². The van der Waals surface area contributed by atoms with Crippen LogP contribution in [0.3, 0.4) is 0 Å². The van der Waals surface area contributed by atoms with Crippen molar-refractivity contribution in [2.45, 2.75) is 0 Å². The molecule has 0 radical (unpaired) electrons. The van der Waals surface area contributed by atoms with Crippen LogP contribution in [-0.2, 0) is 0 Å². The van der Waals surface area contributed by atoms with Crippen molar-refractivity contribution < 1.29 is 8.78 Å². The number of rotatable bonds is 0. The normalized spacial score (nSPS) is 10.3. The second-order valence-electron chi connectivity index (χ2n) is 3.77. The summed E-state index contributed by atoms with van der Waals surface area (Å²) in [6.07, 6.45) is 2.28. The summed E-state index contributed by atoms with van der Waals surface area (Å²) in [5.41, 5.74) is 11.1. The minimum Gasteiger partial charge on any atom is -0.383 e. The Morgan fingerprint density at radius 2 is 1.71 bits per heavy atom. The molecule has 0 aliphatic heterocycles. The molecule has 0 saturated carbocycles. The summed E-state index contributed by atoms with van der Waals surface area (Å²) in [4.78, 5) is 7.40. The van der Waals surface area contributed by atoms with Crippen molar-refractivity contribution in [3.63, 3.8) is 0 Å². The maximum absolute atomic E-state index is 12.7. The van der Waals surface area contributed by atoms with Gasteiger partial charge >= 0.3 is 0 Å². The van der Waals surface area contributed by atoms with Crippen LogP contribution in [0.2, 0.25) is 0 Å². The van der Waals surface area contributed by atoms with Gasteiger partial charge in [-0.2, -0.15) is 4.98 Å². The molecular weight excluding hydrogens is 414 g/mol. The van der Waals surface area contributed by atoms with Crippen molar-refractivity contribution in [3.05, 3.63) is 45.1 Å². The first-order valence-corrected chi connectivity index (χ1v) is 6.99. The molecule has 0 bridgehead atoms. The van der Waals surface area contributed by atoms with Gasteiger partial charge in [0, 0.05) is 0 Å². The highest BCUT2D eigenvalue weighted by Crippen LogP contribution is 2.18. The van der Waals surface area contributed by atoms with Gasteiger partial charge in [0.1, 0.15) is 17.5 Å². The van der Waals surface area contributed by atoms with E-state index in [2.05, 4.69) is 46.9 Å². The number of halogens is 4. The fourth-order valence-electron chi connectivity index (χ4n) is 1.36. The molecule has 4 N–H and O–H groups in total. The zero-order valence-electron chi connectivity index (χ0n) is 10.3. The van der Waals surface area contributed by atoms with E-state index >= 15 is 0 Å². The molecule has 21 heavy (non-hydrogen) atoms. The van der Waals surface area contributed by atoms with E-state index in [0.717, 1.165) is 6.20 Å². The first-order chi connectivity index (χ1) is 9.86. The van der Waals surface area contributed by atoms with Crippen molar-refractivity contribution in [2.75, 3.05) is 11.5 Å². The first kappa shape index (κ1) is 15.6. The third-order valence-electron chi connectivity index (χ3n) is 2.21. The summed E-state index contributed by atoms with van der Waals surface area (Å²) in [5.74, 6) is -0.354. The van der Waals surface area contributed by atoms with E-state index in [4.69, 9.17) is 11.5 Å². The number of nitrogens with two attached hydrogens (primary N) is 2. The Morgan fingerprint density at radius 1 is 1.05 bits per heavy atom. The van der Waals surface area contributed by atoms with Crippen LogP contribution in [-0.4, -0.2) is 19.6 Å². The molecule has 3 heterocycles. The maximum atomic E-state index is 12.7. The van der Waals surface area contributed by atoms with Gasteiger partial charge in [-0.25, -0.2) is 18.3 Å². The summed E-state index contributed by atoms with van der Waals surface area (Å²) < 4.78 is 27.3. The lowest BCUT2D eigenvalue weighted by Crippen LogP contribution is -1.91. The lowest BCUT2D eigenvalue weighted by atomic mass is 10.4. The minimum atomic E-state index is -0.393. The van der Waals surface area contributed by atoms with Gasteiger partial charge in [0.15, 0.2) is 5.65 Å². The molecule has 3 aromatic heterocycles. The predicted molar refractivity (Wildman–Crippen MR) is 81.4 cm³/mol. The van der Waals surface area contributed by atoms with Gasteiger partial charge in [0.2, 0.25) is 5.95 Å².